The summed E-state index contributed by atoms with van der Waals surface area (Å²) >= 11 is 0. The van der Waals surface area contributed by atoms with E-state index >= 15 is 0 Å². The first-order valence-corrected chi connectivity index (χ1v) is 10.3. The van der Waals surface area contributed by atoms with Gasteiger partial charge in [-0.1, -0.05) is 0 Å². The van der Waals surface area contributed by atoms with Crippen LogP contribution in [-0.2, 0) is 24.3 Å². The monoisotopic (exact) mass is 417 g/mol. The Kier molecular flexibility index (Phi) is 5.66. The summed E-state index contributed by atoms with van der Waals surface area (Å²) in [4.78, 5) is 37.8. The van der Waals surface area contributed by atoms with E-state index in [0.717, 1.165) is 4.90 Å². The molecule has 152 valence electrons. The summed E-state index contributed by atoms with van der Waals surface area (Å²) in [5.74, 6) is -1.33. The Morgan fingerprint density at radius 1 is 1.14 bits per heavy atom. The van der Waals surface area contributed by atoms with Gasteiger partial charge in [0.1, 0.15) is 6.04 Å². The fraction of sp³-hybridized carbons (Fsp3) is 0.211. The number of hydrogen-bond donors (Lipinski definition) is 2. The van der Waals surface area contributed by atoms with Crippen molar-refractivity contribution in [1.29, 1.82) is 0 Å². The number of nitrogens with one attached hydrogen (secondary N) is 1. The van der Waals surface area contributed by atoms with Crippen LogP contribution in [0.4, 0.5) is 11.4 Å². The molecule has 1 saturated heterocycles. The highest BCUT2D eigenvalue weighted by molar-refractivity contribution is 7.89. The van der Waals surface area contributed by atoms with Gasteiger partial charge in [0.05, 0.1) is 29.2 Å². The number of imide groups is 1. The number of carbonyl (C=O) groups excluding carboxylic acids is 3. The molecule has 10 heteroatoms. The van der Waals surface area contributed by atoms with Crippen molar-refractivity contribution in [2.45, 2.75) is 24.3 Å². The van der Waals surface area contributed by atoms with Crippen molar-refractivity contribution >= 4 is 39.2 Å². The number of benzene rings is 2. The van der Waals surface area contributed by atoms with Crippen LogP contribution in [0, 0.1) is 0 Å². The van der Waals surface area contributed by atoms with Crippen LogP contribution in [0.3, 0.4) is 0 Å². The second-order valence-electron chi connectivity index (χ2n) is 6.31. The minimum Gasteiger partial charge on any atom is -0.462 e. The van der Waals surface area contributed by atoms with Gasteiger partial charge in [-0.3, -0.25) is 9.59 Å². The number of esters is 1. The maximum Gasteiger partial charge on any atom is 0.338 e. The van der Waals surface area contributed by atoms with Gasteiger partial charge >= 0.3 is 5.97 Å². The molecule has 0 aromatic heterocycles. The zero-order valence-electron chi connectivity index (χ0n) is 15.5. The molecule has 9 nitrogen and oxygen atoms in total. The van der Waals surface area contributed by atoms with Crippen molar-refractivity contribution in [2.75, 3.05) is 16.8 Å². The van der Waals surface area contributed by atoms with Crippen LogP contribution in [0.1, 0.15) is 23.7 Å². The molecule has 29 heavy (non-hydrogen) atoms. The molecular formula is C19H19N3O6S. The highest BCUT2D eigenvalue weighted by Gasteiger charge is 2.39. The topological polar surface area (TPSA) is 136 Å². The molecule has 3 rings (SSSR count). The Morgan fingerprint density at radius 3 is 2.31 bits per heavy atom. The molecule has 1 unspecified atom stereocenters. The third kappa shape index (κ3) is 4.44. The minimum absolute atomic E-state index is 0.0554. The lowest BCUT2D eigenvalue weighted by Gasteiger charge is -2.16. The van der Waals surface area contributed by atoms with Crippen molar-refractivity contribution in [2.24, 2.45) is 5.14 Å². The lowest BCUT2D eigenvalue weighted by Crippen LogP contribution is -2.34. The Hall–Kier alpha value is -3.24. The second-order valence-corrected chi connectivity index (χ2v) is 7.87. The minimum atomic E-state index is -3.81. The molecular weight excluding hydrogens is 398 g/mol. The average molecular weight is 417 g/mol. The molecule has 0 spiro atoms. The van der Waals surface area contributed by atoms with E-state index in [2.05, 4.69) is 5.32 Å². The van der Waals surface area contributed by atoms with Gasteiger partial charge in [-0.2, -0.15) is 0 Å². The SMILES string of the molecule is CCOC(=O)c1ccc(N2C(=O)CC(Nc3ccc(S(N)(=O)=O)cc3)C2=O)cc1. The summed E-state index contributed by atoms with van der Waals surface area (Å²) < 4.78 is 27.5. The predicted molar refractivity (Wildman–Crippen MR) is 105 cm³/mol. The summed E-state index contributed by atoms with van der Waals surface area (Å²) in [5, 5.41) is 7.98. The van der Waals surface area contributed by atoms with Crippen LogP contribution in [0.5, 0.6) is 0 Å². The van der Waals surface area contributed by atoms with Gasteiger partial charge < -0.3 is 10.1 Å². The maximum absolute atomic E-state index is 12.7. The van der Waals surface area contributed by atoms with E-state index in [9.17, 15) is 22.8 Å². The van der Waals surface area contributed by atoms with E-state index < -0.39 is 33.8 Å². The molecule has 1 aliphatic heterocycles. The Bertz CT molecular complexity index is 1050. The molecule has 0 bridgehead atoms. The van der Waals surface area contributed by atoms with Gasteiger partial charge in [-0.15, -0.1) is 0 Å². The second kappa shape index (κ2) is 8.02. The zero-order valence-corrected chi connectivity index (χ0v) is 16.3. The number of carbonyl (C=O) groups is 3. The predicted octanol–water partition coefficient (Wildman–Crippen LogP) is 1.25. The van der Waals surface area contributed by atoms with Crippen molar-refractivity contribution in [3.05, 3.63) is 54.1 Å². The molecule has 2 amide bonds. The Labute approximate surface area is 167 Å². The molecule has 1 heterocycles. The number of hydrogen-bond acceptors (Lipinski definition) is 7. The van der Waals surface area contributed by atoms with Crippen LogP contribution in [0.2, 0.25) is 0 Å². The van der Waals surface area contributed by atoms with Crippen LogP contribution in [0.25, 0.3) is 0 Å². The molecule has 3 N–H and O–H groups in total. The van der Waals surface area contributed by atoms with E-state index in [0.29, 0.717) is 16.9 Å². The smallest absolute Gasteiger partial charge is 0.338 e. The van der Waals surface area contributed by atoms with E-state index in [1.54, 1.807) is 6.92 Å². The van der Waals surface area contributed by atoms with Crippen LogP contribution >= 0.6 is 0 Å². The lowest BCUT2D eigenvalue weighted by molar-refractivity contribution is -0.121. The average Bonchev–Trinajstić information content (AvgIpc) is 2.95. The summed E-state index contributed by atoms with van der Waals surface area (Å²) in [6.07, 6.45) is -0.0601. The van der Waals surface area contributed by atoms with Gasteiger partial charge in [0.25, 0.3) is 5.91 Å². The van der Waals surface area contributed by atoms with E-state index in [4.69, 9.17) is 9.88 Å². The van der Waals surface area contributed by atoms with Crippen molar-refractivity contribution < 1.29 is 27.5 Å². The standard InChI is InChI=1S/C19H19N3O6S/c1-2-28-19(25)12-3-7-14(8-4-12)22-17(23)11-16(18(22)24)21-13-5-9-15(10-6-13)29(20,26)27/h3-10,16,21H,2,11H2,1H3,(H2,20,26,27). The van der Waals surface area contributed by atoms with Crippen LogP contribution < -0.4 is 15.4 Å². The molecule has 2 aromatic carbocycles. The quantitative estimate of drug-likeness (QED) is 0.533. The Balaban J connectivity index is 1.73. The molecule has 0 aliphatic carbocycles. The number of amides is 2. The summed E-state index contributed by atoms with van der Waals surface area (Å²) in [7, 11) is -3.81. The van der Waals surface area contributed by atoms with Crippen LogP contribution in [0.15, 0.2) is 53.4 Å². The van der Waals surface area contributed by atoms with Gasteiger partial charge in [0.2, 0.25) is 15.9 Å². The Morgan fingerprint density at radius 2 is 1.76 bits per heavy atom. The number of ether oxygens (including phenoxy) is 1. The van der Waals surface area contributed by atoms with Gasteiger partial charge in [-0.05, 0) is 55.5 Å². The van der Waals surface area contributed by atoms with Gasteiger partial charge in [-0.25, -0.2) is 23.3 Å². The molecule has 1 aliphatic rings. The van der Waals surface area contributed by atoms with Crippen molar-refractivity contribution in [3.8, 4) is 0 Å². The van der Waals surface area contributed by atoms with E-state index in [-0.39, 0.29) is 17.9 Å². The molecule has 2 aromatic rings. The van der Waals surface area contributed by atoms with Gasteiger partial charge in [0.15, 0.2) is 0 Å². The number of nitrogens with zero attached hydrogens (tertiary/aromatic N) is 1. The first-order chi connectivity index (χ1) is 13.7. The van der Waals surface area contributed by atoms with E-state index in [1.807, 2.05) is 0 Å². The fourth-order valence-corrected chi connectivity index (χ4v) is 3.43. The molecule has 1 atom stereocenters. The third-order valence-electron chi connectivity index (χ3n) is 4.31. The van der Waals surface area contributed by atoms with Crippen molar-refractivity contribution in [1.82, 2.24) is 0 Å². The third-order valence-corrected chi connectivity index (χ3v) is 5.24. The lowest BCUT2D eigenvalue weighted by atomic mass is 10.2. The highest BCUT2D eigenvalue weighted by atomic mass is 32.2. The number of rotatable bonds is 6. The number of nitrogens with two attached hydrogens (primary N) is 1. The van der Waals surface area contributed by atoms with Gasteiger partial charge in [0, 0.05) is 5.69 Å². The number of anilines is 2. The first kappa shape index (κ1) is 20.5. The van der Waals surface area contributed by atoms with Crippen LogP contribution in [-0.4, -0.2) is 38.9 Å². The molecule has 0 radical (unpaired) electrons. The molecule has 0 saturated carbocycles. The fourth-order valence-electron chi connectivity index (χ4n) is 2.92. The number of primary sulfonamides is 1. The maximum atomic E-state index is 12.7. The summed E-state index contributed by atoms with van der Waals surface area (Å²) in [6.45, 7) is 1.94. The van der Waals surface area contributed by atoms with Crippen molar-refractivity contribution in [3.63, 3.8) is 0 Å². The zero-order chi connectivity index (χ0) is 21.2. The first-order valence-electron chi connectivity index (χ1n) is 8.74. The highest BCUT2D eigenvalue weighted by Crippen LogP contribution is 2.26. The summed E-state index contributed by atoms with van der Waals surface area (Å²) in [6, 6.07) is 10.7. The summed E-state index contributed by atoms with van der Waals surface area (Å²) in [5.41, 5.74) is 1.14. The normalized spacial score (nSPS) is 16.8. The van der Waals surface area contributed by atoms with E-state index in [1.165, 1.54) is 48.5 Å². The largest absolute Gasteiger partial charge is 0.462 e. The number of sulfonamides is 1. The molecule has 1 fully saturated rings.